The van der Waals surface area contributed by atoms with Gasteiger partial charge in [-0.1, -0.05) is 13.8 Å². The molecule has 0 aliphatic heterocycles. The lowest BCUT2D eigenvalue weighted by molar-refractivity contribution is 0.0942. The van der Waals surface area contributed by atoms with Gasteiger partial charge in [-0.3, -0.25) is 4.79 Å². The van der Waals surface area contributed by atoms with Gasteiger partial charge >= 0.3 is 0 Å². The van der Waals surface area contributed by atoms with E-state index < -0.39 is 0 Å². The fourth-order valence-electron chi connectivity index (χ4n) is 1.98. The normalized spacial score (nSPS) is 10.4. The molecule has 0 aliphatic carbocycles. The van der Waals surface area contributed by atoms with Crippen LogP contribution in [0.15, 0.2) is 36.7 Å². The summed E-state index contributed by atoms with van der Waals surface area (Å²) in [4.78, 5) is 20.2. The second-order valence-electron chi connectivity index (χ2n) is 5.84. The largest absolute Gasteiger partial charge is 0.497 e. The molecule has 0 aliphatic rings. The molecule has 0 atom stereocenters. The molecule has 0 spiro atoms. The molecule has 0 unspecified atom stereocenters. The summed E-state index contributed by atoms with van der Waals surface area (Å²) in [6, 6.07) is 8.92. The van der Waals surface area contributed by atoms with Crippen molar-refractivity contribution in [2.24, 2.45) is 5.92 Å². The minimum Gasteiger partial charge on any atom is -0.497 e. The Balaban J connectivity index is 1.76. The molecule has 7 nitrogen and oxygen atoms in total. The molecule has 1 aromatic heterocycles. The molecule has 0 saturated carbocycles. The maximum Gasteiger partial charge on any atom is 0.270 e. The molecule has 25 heavy (non-hydrogen) atoms. The number of rotatable bonds is 9. The highest BCUT2D eigenvalue weighted by atomic mass is 16.5. The average molecular weight is 344 g/mol. The number of aromatic nitrogens is 2. The van der Waals surface area contributed by atoms with Crippen molar-refractivity contribution in [1.29, 1.82) is 0 Å². The molecule has 0 saturated heterocycles. The monoisotopic (exact) mass is 344 g/mol. The van der Waals surface area contributed by atoms with Crippen LogP contribution in [0.3, 0.4) is 0 Å². The molecular weight excluding hydrogens is 320 g/mol. The third kappa shape index (κ3) is 6.29. The molecule has 1 amide bonds. The molecule has 2 aromatic rings. The zero-order valence-electron chi connectivity index (χ0n) is 14.8. The topological polar surface area (TPSA) is 85.4 Å². The lowest BCUT2D eigenvalue weighted by Gasteiger charge is -2.10. The number of hydrogen-bond donors (Lipinski definition) is 2. The number of hydrogen-bond acceptors (Lipinski definition) is 6. The molecule has 2 N–H and O–H groups in total. The van der Waals surface area contributed by atoms with Crippen molar-refractivity contribution in [1.82, 2.24) is 15.3 Å². The number of ether oxygens (including phenoxy) is 2. The van der Waals surface area contributed by atoms with Gasteiger partial charge in [0, 0.05) is 12.6 Å². The van der Waals surface area contributed by atoms with Crippen LogP contribution >= 0.6 is 0 Å². The van der Waals surface area contributed by atoms with E-state index in [0.29, 0.717) is 30.6 Å². The maximum atomic E-state index is 12.1. The summed E-state index contributed by atoms with van der Waals surface area (Å²) in [5.74, 6) is 2.36. The highest BCUT2D eigenvalue weighted by Gasteiger charge is 2.08. The summed E-state index contributed by atoms with van der Waals surface area (Å²) in [5.41, 5.74) is 0.325. The molecule has 0 radical (unpaired) electrons. The highest BCUT2D eigenvalue weighted by molar-refractivity contribution is 5.92. The second-order valence-corrected chi connectivity index (χ2v) is 5.84. The smallest absolute Gasteiger partial charge is 0.270 e. The predicted molar refractivity (Wildman–Crippen MR) is 96.2 cm³/mol. The van der Waals surface area contributed by atoms with E-state index in [1.807, 2.05) is 24.3 Å². The Morgan fingerprint density at radius 1 is 1.16 bits per heavy atom. The molecule has 134 valence electrons. The number of nitrogens with zero attached hydrogens (tertiary/aromatic N) is 2. The Morgan fingerprint density at radius 3 is 2.56 bits per heavy atom. The molecule has 7 heteroatoms. The van der Waals surface area contributed by atoms with Crippen molar-refractivity contribution >= 4 is 11.7 Å². The number of methoxy groups -OCH3 is 1. The first-order valence-electron chi connectivity index (χ1n) is 8.19. The number of carbonyl (C=O) groups is 1. The van der Waals surface area contributed by atoms with Gasteiger partial charge < -0.3 is 20.1 Å². The fourth-order valence-corrected chi connectivity index (χ4v) is 1.98. The standard InChI is InChI=1S/C18H24N4O3/c1-13(2)11-20-17-10-16(21-12-22-17)18(23)19-8-9-25-15-6-4-14(24-3)5-7-15/h4-7,10,12-13H,8-9,11H2,1-3H3,(H,19,23)(H,20,21,22). The van der Waals surface area contributed by atoms with Crippen LogP contribution in [-0.2, 0) is 0 Å². The zero-order valence-corrected chi connectivity index (χ0v) is 14.8. The molecule has 1 aromatic carbocycles. The Hall–Kier alpha value is -2.83. The van der Waals surface area contributed by atoms with Crippen molar-refractivity contribution < 1.29 is 14.3 Å². The minimum atomic E-state index is -0.256. The van der Waals surface area contributed by atoms with Crippen LogP contribution in [-0.4, -0.2) is 42.7 Å². The summed E-state index contributed by atoms with van der Waals surface area (Å²) in [5, 5.41) is 5.95. The molecular formula is C18H24N4O3. The van der Waals surface area contributed by atoms with E-state index >= 15 is 0 Å². The summed E-state index contributed by atoms with van der Waals surface area (Å²) in [7, 11) is 1.61. The van der Waals surface area contributed by atoms with Gasteiger partial charge in [0.25, 0.3) is 5.91 Å². The minimum absolute atomic E-state index is 0.256. The first-order chi connectivity index (χ1) is 12.1. The maximum absolute atomic E-state index is 12.1. The van der Waals surface area contributed by atoms with Crippen LogP contribution in [0.5, 0.6) is 11.5 Å². The van der Waals surface area contributed by atoms with E-state index in [2.05, 4.69) is 34.4 Å². The van der Waals surface area contributed by atoms with Crippen LogP contribution in [0.2, 0.25) is 0 Å². The van der Waals surface area contributed by atoms with Crippen LogP contribution < -0.4 is 20.1 Å². The van der Waals surface area contributed by atoms with E-state index in [9.17, 15) is 4.79 Å². The molecule has 2 rings (SSSR count). The first-order valence-corrected chi connectivity index (χ1v) is 8.19. The summed E-state index contributed by atoms with van der Waals surface area (Å²) < 4.78 is 10.7. The summed E-state index contributed by atoms with van der Waals surface area (Å²) in [6.45, 7) is 5.73. The van der Waals surface area contributed by atoms with Gasteiger partial charge in [0.1, 0.15) is 35.9 Å². The summed E-state index contributed by atoms with van der Waals surface area (Å²) in [6.07, 6.45) is 1.38. The second kappa shape index (κ2) is 9.46. The van der Waals surface area contributed by atoms with Crippen molar-refractivity contribution in [3.63, 3.8) is 0 Å². The van der Waals surface area contributed by atoms with Crippen LogP contribution in [0.25, 0.3) is 0 Å². The van der Waals surface area contributed by atoms with Gasteiger partial charge in [-0.25, -0.2) is 9.97 Å². The average Bonchev–Trinajstić information content (AvgIpc) is 2.64. The van der Waals surface area contributed by atoms with Gasteiger partial charge in [-0.05, 0) is 30.2 Å². The number of carbonyl (C=O) groups excluding carboxylic acids is 1. The Bertz CT molecular complexity index is 674. The molecule has 1 heterocycles. The van der Waals surface area contributed by atoms with Gasteiger partial charge in [-0.2, -0.15) is 0 Å². The van der Waals surface area contributed by atoms with E-state index in [0.717, 1.165) is 18.0 Å². The van der Waals surface area contributed by atoms with Gasteiger partial charge in [0.05, 0.1) is 13.7 Å². The third-order valence-corrected chi connectivity index (χ3v) is 3.31. The zero-order chi connectivity index (χ0) is 18.1. The quantitative estimate of drug-likeness (QED) is 0.679. The molecule has 0 bridgehead atoms. The van der Waals surface area contributed by atoms with Crippen LogP contribution in [0.1, 0.15) is 24.3 Å². The third-order valence-electron chi connectivity index (χ3n) is 3.31. The fraction of sp³-hybridized carbons (Fsp3) is 0.389. The van der Waals surface area contributed by atoms with Crippen molar-refractivity contribution in [2.75, 3.05) is 32.1 Å². The van der Waals surface area contributed by atoms with Crippen LogP contribution in [0, 0.1) is 5.92 Å². The van der Waals surface area contributed by atoms with Gasteiger partial charge in [0.2, 0.25) is 0 Å². The number of anilines is 1. The van der Waals surface area contributed by atoms with E-state index in [4.69, 9.17) is 9.47 Å². The highest BCUT2D eigenvalue weighted by Crippen LogP contribution is 2.16. The van der Waals surface area contributed by atoms with E-state index in [1.54, 1.807) is 13.2 Å². The van der Waals surface area contributed by atoms with Crippen molar-refractivity contribution in [3.8, 4) is 11.5 Å². The Labute approximate surface area is 147 Å². The Morgan fingerprint density at radius 2 is 1.88 bits per heavy atom. The van der Waals surface area contributed by atoms with Gasteiger partial charge in [0.15, 0.2) is 0 Å². The summed E-state index contributed by atoms with van der Waals surface area (Å²) >= 11 is 0. The number of amides is 1. The number of nitrogens with one attached hydrogen (secondary N) is 2. The lowest BCUT2D eigenvalue weighted by Crippen LogP contribution is -2.29. The number of benzene rings is 1. The van der Waals surface area contributed by atoms with Gasteiger partial charge in [-0.15, -0.1) is 0 Å². The van der Waals surface area contributed by atoms with E-state index in [1.165, 1.54) is 6.33 Å². The van der Waals surface area contributed by atoms with Crippen molar-refractivity contribution in [3.05, 3.63) is 42.4 Å². The lowest BCUT2D eigenvalue weighted by atomic mass is 10.2. The first kappa shape index (κ1) is 18.5. The van der Waals surface area contributed by atoms with Crippen LogP contribution in [0.4, 0.5) is 5.82 Å². The predicted octanol–water partition coefficient (Wildman–Crippen LogP) is 2.36. The van der Waals surface area contributed by atoms with Crippen molar-refractivity contribution in [2.45, 2.75) is 13.8 Å². The van der Waals surface area contributed by atoms with E-state index in [-0.39, 0.29) is 5.91 Å². The SMILES string of the molecule is COc1ccc(OCCNC(=O)c2cc(NCC(C)C)ncn2)cc1. The Kier molecular flexibility index (Phi) is 7.00. The molecule has 0 fully saturated rings.